The van der Waals surface area contributed by atoms with Crippen molar-refractivity contribution in [3.05, 3.63) is 24.0 Å². The number of anilines is 1. The highest BCUT2D eigenvalue weighted by Gasteiger charge is 2.32. The molecule has 1 aliphatic rings. The summed E-state index contributed by atoms with van der Waals surface area (Å²) in [5, 5.41) is 0. The molecule has 18 heavy (non-hydrogen) atoms. The summed E-state index contributed by atoms with van der Waals surface area (Å²) in [6.07, 6.45) is 1.93. The minimum atomic E-state index is -0.274. The first-order valence-electron chi connectivity index (χ1n) is 6.12. The van der Waals surface area contributed by atoms with Crippen LogP contribution in [0.5, 0.6) is 0 Å². The number of nitrogen functional groups attached to an aromatic ring is 1. The zero-order valence-electron chi connectivity index (χ0n) is 10.3. The average molecular weight is 249 g/mol. The summed E-state index contributed by atoms with van der Waals surface area (Å²) in [6, 6.07) is 4.54. The number of ether oxygens (including phenoxy) is 1. The number of fused-ring (bicyclic) bond motifs is 1. The minimum absolute atomic E-state index is 0.245. The van der Waals surface area contributed by atoms with Gasteiger partial charge in [-0.3, -0.25) is 0 Å². The van der Waals surface area contributed by atoms with Gasteiger partial charge in [0.1, 0.15) is 5.82 Å². The van der Waals surface area contributed by atoms with Crippen molar-refractivity contribution in [3.8, 4) is 0 Å². The van der Waals surface area contributed by atoms with Crippen LogP contribution in [0.25, 0.3) is 11.0 Å². The molecule has 0 bridgehead atoms. The van der Waals surface area contributed by atoms with Crippen molar-refractivity contribution in [3.63, 3.8) is 0 Å². The summed E-state index contributed by atoms with van der Waals surface area (Å²) in [6.45, 7) is 3.43. The predicted octanol–water partition coefficient (Wildman–Crippen LogP) is 2.28. The van der Waals surface area contributed by atoms with Gasteiger partial charge in [0.15, 0.2) is 0 Å². The van der Waals surface area contributed by atoms with Crippen LogP contribution in [-0.4, -0.2) is 22.8 Å². The van der Waals surface area contributed by atoms with Crippen LogP contribution in [0.15, 0.2) is 18.2 Å². The van der Waals surface area contributed by atoms with Crippen LogP contribution >= 0.6 is 0 Å². The van der Waals surface area contributed by atoms with Gasteiger partial charge in [0.05, 0.1) is 23.2 Å². The topological polar surface area (TPSA) is 53.1 Å². The average Bonchev–Trinajstić information content (AvgIpc) is 2.66. The van der Waals surface area contributed by atoms with Crippen LogP contribution in [0, 0.1) is 5.82 Å². The Morgan fingerprint density at radius 2 is 2.33 bits per heavy atom. The SMILES string of the molecule is CC1(n2c(N)nc3ccc(F)cc32)CCCOC1. The second kappa shape index (κ2) is 3.95. The molecule has 2 N–H and O–H groups in total. The number of aromatic nitrogens is 2. The number of imidazole rings is 1. The fourth-order valence-electron chi connectivity index (χ4n) is 2.73. The molecular formula is C13H16FN3O. The normalized spacial score (nSPS) is 24.6. The highest BCUT2D eigenvalue weighted by Crippen LogP contribution is 2.33. The van der Waals surface area contributed by atoms with E-state index < -0.39 is 0 Å². The van der Waals surface area contributed by atoms with E-state index in [1.54, 1.807) is 6.07 Å². The van der Waals surface area contributed by atoms with E-state index >= 15 is 0 Å². The van der Waals surface area contributed by atoms with Gasteiger partial charge in [0.2, 0.25) is 5.95 Å². The highest BCUT2D eigenvalue weighted by atomic mass is 19.1. The second-order valence-electron chi connectivity index (χ2n) is 5.09. The van der Waals surface area contributed by atoms with Crippen LogP contribution in [0.1, 0.15) is 19.8 Å². The lowest BCUT2D eigenvalue weighted by molar-refractivity contribution is 0.0124. The molecule has 1 saturated heterocycles. The van der Waals surface area contributed by atoms with Crippen molar-refractivity contribution < 1.29 is 9.13 Å². The zero-order chi connectivity index (χ0) is 12.8. The van der Waals surface area contributed by atoms with Gasteiger partial charge in [-0.05, 0) is 38.0 Å². The molecule has 0 amide bonds. The van der Waals surface area contributed by atoms with Gasteiger partial charge < -0.3 is 15.0 Å². The number of hydrogen-bond donors (Lipinski definition) is 1. The Morgan fingerprint density at radius 1 is 1.50 bits per heavy atom. The number of hydrogen-bond acceptors (Lipinski definition) is 3. The molecule has 1 unspecified atom stereocenters. The lowest BCUT2D eigenvalue weighted by Crippen LogP contribution is -2.39. The predicted molar refractivity (Wildman–Crippen MR) is 67.8 cm³/mol. The van der Waals surface area contributed by atoms with Crippen molar-refractivity contribution in [2.24, 2.45) is 0 Å². The number of halogens is 1. The molecular weight excluding hydrogens is 233 g/mol. The summed E-state index contributed by atoms with van der Waals surface area (Å²) in [5.74, 6) is 0.146. The lowest BCUT2D eigenvalue weighted by atomic mass is 9.94. The Bertz CT molecular complexity index is 587. The smallest absolute Gasteiger partial charge is 0.201 e. The molecule has 2 heterocycles. The van der Waals surface area contributed by atoms with E-state index in [0.717, 1.165) is 30.5 Å². The fraction of sp³-hybridized carbons (Fsp3) is 0.462. The van der Waals surface area contributed by atoms with Crippen LogP contribution in [0.3, 0.4) is 0 Å². The largest absolute Gasteiger partial charge is 0.379 e. The molecule has 3 rings (SSSR count). The summed E-state index contributed by atoms with van der Waals surface area (Å²) < 4.78 is 20.9. The summed E-state index contributed by atoms with van der Waals surface area (Å²) >= 11 is 0. The van der Waals surface area contributed by atoms with Crippen molar-refractivity contribution in [1.29, 1.82) is 0 Å². The first-order chi connectivity index (χ1) is 8.60. The molecule has 4 nitrogen and oxygen atoms in total. The first kappa shape index (κ1) is 11.5. The van der Waals surface area contributed by atoms with E-state index in [-0.39, 0.29) is 11.4 Å². The van der Waals surface area contributed by atoms with Crippen molar-refractivity contribution in [2.45, 2.75) is 25.3 Å². The molecule has 96 valence electrons. The van der Waals surface area contributed by atoms with Gasteiger partial charge in [0.25, 0.3) is 0 Å². The number of rotatable bonds is 1. The molecule has 0 spiro atoms. The van der Waals surface area contributed by atoms with Crippen LogP contribution < -0.4 is 5.73 Å². The van der Waals surface area contributed by atoms with Gasteiger partial charge in [-0.1, -0.05) is 0 Å². The van der Waals surface area contributed by atoms with E-state index in [9.17, 15) is 4.39 Å². The van der Waals surface area contributed by atoms with Crippen molar-refractivity contribution in [1.82, 2.24) is 9.55 Å². The summed E-state index contributed by atoms with van der Waals surface area (Å²) in [5.41, 5.74) is 7.21. The third kappa shape index (κ3) is 1.66. The Balaban J connectivity index is 2.20. The number of nitrogens with two attached hydrogens (primary N) is 1. The van der Waals surface area contributed by atoms with Gasteiger partial charge in [-0.2, -0.15) is 0 Å². The lowest BCUT2D eigenvalue weighted by Gasteiger charge is -2.35. The van der Waals surface area contributed by atoms with E-state index in [1.807, 2.05) is 4.57 Å². The van der Waals surface area contributed by atoms with Crippen molar-refractivity contribution >= 4 is 17.0 Å². The third-order valence-corrected chi connectivity index (χ3v) is 3.60. The quantitative estimate of drug-likeness (QED) is 0.843. The van der Waals surface area contributed by atoms with E-state index in [1.165, 1.54) is 12.1 Å². The maximum atomic E-state index is 13.4. The first-order valence-corrected chi connectivity index (χ1v) is 6.12. The Labute approximate surface area is 105 Å². The van der Waals surface area contributed by atoms with E-state index in [2.05, 4.69) is 11.9 Å². The molecule has 0 saturated carbocycles. The molecule has 1 aliphatic heterocycles. The molecule has 1 atom stereocenters. The van der Waals surface area contributed by atoms with Crippen LogP contribution in [0.4, 0.5) is 10.3 Å². The number of benzene rings is 1. The Morgan fingerprint density at radius 3 is 3.06 bits per heavy atom. The zero-order valence-corrected chi connectivity index (χ0v) is 10.3. The highest BCUT2D eigenvalue weighted by molar-refractivity contribution is 5.78. The van der Waals surface area contributed by atoms with Gasteiger partial charge in [-0.25, -0.2) is 9.37 Å². The van der Waals surface area contributed by atoms with Crippen LogP contribution in [0.2, 0.25) is 0 Å². The van der Waals surface area contributed by atoms with E-state index in [4.69, 9.17) is 10.5 Å². The van der Waals surface area contributed by atoms with Crippen molar-refractivity contribution in [2.75, 3.05) is 18.9 Å². The van der Waals surface area contributed by atoms with Crippen LogP contribution in [-0.2, 0) is 10.3 Å². The minimum Gasteiger partial charge on any atom is -0.379 e. The molecule has 1 fully saturated rings. The Kier molecular flexibility index (Phi) is 2.52. The summed E-state index contributed by atoms with van der Waals surface area (Å²) in [4.78, 5) is 4.29. The third-order valence-electron chi connectivity index (χ3n) is 3.60. The van der Waals surface area contributed by atoms with E-state index in [0.29, 0.717) is 12.6 Å². The second-order valence-corrected chi connectivity index (χ2v) is 5.09. The molecule has 1 aromatic carbocycles. The molecule has 0 radical (unpaired) electrons. The Hall–Kier alpha value is -1.62. The molecule has 5 heteroatoms. The fourth-order valence-corrected chi connectivity index (χ4v) is 2.73. The summed E-state index contributed by atoms with van der Waals surface area (Å²) in [7, 11) is 0. The molecule has 2 aromatic rings. The maximum Gasteiger partial charge on any atom is 0.201 e. The number of nitrogens with zero attached hydrogens (tertiary/aromatic N) is 2. The maximum absolute atomic E-state index is 13.4. The van der Waals surface area contributed by atoms with Gasteiger partial charge in [0, 0.05) is 6.61 Å². The standard InChI is InChI=1S/C13H16FN3O/c1-13(5-2-6-18-8-13)17-11-7-9(14)3-4-10(11)16-12(17)15/h3-4,7H,2,5-6,8H2,1H3,(H2,15,16). The molecule has 0 aliphatic carbocycles. The van der Waals surface area contributed by atoms with Gasteiger partial charge >= 0.3 is 0 Å². The molecule has 1 aromatic heterocycles. The van der Waals surface area contributed by atoms with Gasteiger partial charge in [-0.15, -0.1) is 0 Å². The monoisotopic (exact) mass is 249 g/mol.